The second-order valence-corrected chi connectivity index (χ2v) is 8.22. The third-order valence-electron chi connectivity index (χ3n) is 5.98. The summed E-state index contributed by atoms with van der Waals surface area (Å²) in [6.45, 7) is 2.22. The van der Waals surface area contributed by atoms with E-state index in [4.69, 9.17) is 11.6 Å². The van der Waals surface area contributed by atoms with Crippen molar-refractivity contribution < 1.29 is 18.0 Å². The molecule has 2 heterocycles. The van der Waals surface area contributed by atoms with Crippen molar-refractivity contribution in [3.8, 4) is 0 Å². The molecule has 1 aliphatic heterocycles. The van der Waals surface area contributed by atoms with Gasteiger partial charge in [-0.25, -0.2) is 18.2 Å². The van der Waals surface area contributed by atoms with E-state index >= 15 is 0 Å². The third kappa shape index (κ3) is 4.30. The molecule has 0 aliphatic carbocycles. The lowest BCUT2D eigenvalue weighted by Crippen LogP contribution is -2.35. The van der Waals surface area contributed by atoms with E-state index in [-0.39, 0.29) is 28.6 Å². The number of hydrogen-bond acceptors (Lipinski definition) is 3. The zero-order valence-corrected chi connectivity index (χ0v) is 18.0. The third-order valence-corrected chi connectivity index (χ3v) is 6.36. The van der Waals surface area contributed by atoms with Gasteiger partial charge in [0.15, 0.2) is 11.6 Å². The minimum Gasteiger partial charge on any atom is -0.352 e. The van der Waals surface area contributed by atoms with Gasteiger partial charge in [-0.05, 0) is 55.5 Å². The van der Waals surface area contributed by atoms with Crippen molar-refractivity contribution in [2.75, 3.05) is 11.9 Å². The van der Waals surface area contributed by atoms with Crippen molar-refractivity contribution >= 4 is 29.4 Å². The highest BCUT2D eigenvalue weighted by Crippen LogP contribution is 2.43. The molecule has 3 aromatic rings. The molecule has 1 N–H and O–H groups in total. The summed E-state index contributed by atoms with van der Waals surface area (Å²) in [5, 5.41) is 3.18. The van der Waals surface area contributed by atoms with E-state index in [1.54, 1.807) is 30.2 Å². The maximum atomic E-state index is 14.4. The monoisotopic (exact) mass is 459 g/mol. The topological polar surface area (TPSA) is 45.2 Å². The minimum absolute atomic E-state index is 0.0415. The fraction of sp³-hybridized carbons (Fsp3) is 0.250. The van der Waals surface area contributed by atoms with Gasteiger partial charge in [0.05, 0.1) is 17.4 Å². The molecule has 1 amide bonds. The molecule has 4 nitrogen and oxygen atoms in total. The van der Waals surface area contributed by atoms with Crippen molar-refractivity contribution in [3.05, 3.63) is 88.0 Å². The number of pyridine rings is 1. The highest BCUT2D eigenvalue weighted by Gasteiger charge is 2.32. The Labute approximate surface area is 189 Å². The van der Waals surface area contributed by atoms with Gasteiger partial charge in [-0.3, -0.25) is 4.79 Å². The predicted molar refractivity (Wildman–Crippen MR) is 118 cm³/mol. The number of benzene rings is 2. The Hall–Kier alpha value is -3.06. The molecule has 2 atom stereocenters. The molecular formula is C24H21ClF3N3O. The first kappa shape index (κ1) is 22.1. The summed E-state index contributed by atoms with van der Waals surface area (Å²) in [7, 11) is 0. The van der Waals surface area contributed by atoms with Crippen LogP contribution in [-0.2, 0) is 4.79 Å². The van der Waals surface area contributed by atoms with Gasteiger partial charge >= 0.3 is 0 Å². The Bertz CT molecular complexity index is 1140. The van der Waals surface area contributed by atoms with Gasteiger partial charge in [0.1, 0.15) is 11.0 Å². The molecule has 32 heavy (non-hydrogen) atoms. The molecule has 2 aromatic carbocycles. The van der Waals surface area contributed by atoms with Crippen LogP contribution in [0, 0.1) is 24.4 Å². The molecule has 4 rings (SSSR count). The fourth-order valence-electron chi connectivity index (χ4n) is 4.21. The number of piperidine rings is 1. The number of carbonyl (C=O) groups is 1. The number of aromatic nitrogens is 1. The SMILES string of the molecule is Cc1c(Cl)ncc(C2CC(c3ccc(F)cc3)CCN2C=O)c1Nc1cccc(F)c1F. The minimum atomic E-state index is -1.01. The maximum absolute atomic E-state index is 14.4. The number of likely N-dealkylation sites (tertiary alicyclic amines) is 1. The summed E-state index contributed by atoms with van der Waals surface area (Å²) in [6, 6.07) is 9.83. The molecule has 1 fully saturated rings. The molecule has 8 heteroatoms. The van der Waals surface area contributed by atoms with Crippen molar-refractivity contribution in [1.29, 1.82) is 0 Å². The van der Waals surface area contributed by atoms with Gasteiger partial charge in [-0.2, -0.15) is 0 Å². The van der Waals surface area contributed by atoms with Crippen LogP contribution in [-0.4, -0.2) is 22.8 Å². The smallest absolute Gasteiger partial charge is 0.210 e. The number of rotatable bonds is 5. The molecule has 0 saturated carbocycles. The van der Waals surface area contributed by atoms with Gasteiger partial charge in [-0.15, -0.1) is 0 Å². The molecule has 2 unspecified atom stereocenters. The van der Waals surface area contributed by atoms with Crippen LogP contribution in [0.25, 0.3) is 0 Å². The second-order valence-electron chi connectivity index (χ2n) is 7.86. The zero-order chi connectivity index (χ0) is 22.8. The zero-order valence-electron chi connectivity index (χ0n) is 17.3. The number of amides is 1. The summed E-state index contributed by atoms with van der Waals surface area (Å²) in [5.41, 5.74) is 2.62. The Morgan fingerprint density at radius 1 is 1.16 bits per heavy atom. The van der Waals surface area contributed by atoms with E-state index in [2.05, 4.69) is 10.3 Å². The van der Waals surface area contributed by atoms with E-state index < -0.39 is 11.6 Å². The lowest BCUT2D eigenvalue weighted by Gasteiger charge is -2.38. The van der Waals surface area contributed by atoms with Gasteiger partial charge in [0.25, 0.3) is 0 Å². The van der Waals surface area contributed by atoms with Gasteiger partial charge in [-0.1, -0.05) is 29.8 Å². The molecule has 166 valence electrons. The van der Waals surface area contributed by atoms with Crippen LogP contribution in [0.15, 0.2) is 48.7 Å². The van der Waals surface area contributed by atoms with Crippen LogP contribution in [0.2, 0.25) is 5.15 Å². The lowest BCUT2D eigenvalue weighted by atomic mass is 9.82. The maximum Gasteiger partial charge on any atom is 0.210 e. The van der Waals surface area contributed by atoms with Gasteiger partial charge in [0, 0.05) is 23.9 Å². The number of hydrogen-bond donors (Lipinski definition) is 1. The second kappa shape index (κ2) is 9.20. The van der Waals surface area contributed by atoms with Crippen LogP contribution in [0.1, 0.15) is 41.5 Å². The number of halogens is 4. The Morgan fingerprint density at radius 2 is 1.91 bits per heavy atom. The van der Waals surface area contributed by atoms with E-state index in [1.807, 2.05) is 0 Å². The first-order chi connectivity index (χ1) is 15.4. The predicted octanol–water partition coefficient (Wildman–Crippen LogP) is 6.28. The molecular weight excluding hydrogens is 439 g/mol. The van der Waals surface area contributed by atoms with Crippen LogP contribution < -0.4 is 5.32 Å². The van der Waals surface area contributed by atoms with E-state index in [1.165, 1.54) is 24.3 Å². The fourth-order valence-corrected chi connectivity index (χ4v) is 4.36. The van der Waals surface area contributed by atoms with Crippen LogP contribution >= 0.6 is 11.6 Å². The van der Waals surface area contributed by atoms with Crippen LogP contribution in [0.5, 0.6) is 0 Å². The average molecular weight is 460 g/mol. The molecule has 1 saturated heterocycles. The molecule has 1 aromatic heterocycles. The standard InChI is InChI=1S/C24H21ClF3N3O/c1-14-23(30-20-4-2-3-19(27)22(20)28)18(12-29-24(14)25)21-11-16(9-10-31(21)13-32)15-5-7-17(26)8-6-15/h2-8,12-13,16,21H,9-11H2,1H3,(H,29,30). The number of nitrogens with one attached hydrogen (secondary N) is 1. The van der Waals surface area contributed by atoms with Gasteiger partial charge < -0.3 is 10.2 Å². The average Bonchev–Trinajstić information content (AvgIpc) is 2.80. The quantitative estimate of drug-likeness (QED) is 0.360. The Morgan fingerprint density at radius 3 is 2.62 bits per heavy atom. The Kier molecular flexibility index (Phi) is 6.37. The summed E-state index contributed by atoms with van der Waals surface area (Å²) >= 11 is 6.23. The van der Waals surface area contributed by atoms with Crippen molar-refractivity contribution in [2.45, 2.75) is 31.7 Å². The molecule has 0 radical (unpaired) electrons. The van der Waals surface area contributed by atoms with Crippen molar-refractivity contribution in [3.63, 3.8) is 0 Å². The number of carbonyl (C=O) groups excluding carboxylic acids is 1. The highest BCUT2D eigenvalue weighted by molar-refractivity contribution is 6.30. The van der Waals surface area contributed by atoms with E-state index in [9.17, 15) is 18.0 Å². The first-order valence-electron chi connectivity index (χ1n) is 10.2. The van der Waals surface area contributed by atoms with E-state index in [0.717, 1.165) is 24.5 Å². The van der Waals surface area contributed by atoms with Crippen LogP contribution in [0.3, 0.4) is 0 Å². The molecule has 1 aliphatic rings. The largest absolute Gasteiger partial charge is 0.352 e. The highest BCUT2D eigenvalue weighted by atomic mass is 35.5. The molecule has 0 bridgehead atoms. The number of nitrogens with zero attached hydrogens (tertiary/aromatic N) is 2. The summed E-state index contributed by atoms with van der Waals surface area (Å²) < 4.78 is 41.5. The van der Waals surface area contributed by atoms with Crippen LogP contribution in [0.4, 0.5) is 24.5 Å². The van der Waals surface area contributed by atoms with Crippen molar-refractivity contribution in [1.82, 2.24) is 9.88 Å². The first-order valence-corrected chi connectivity index (χ1v) is 10.6. The molecule has 0 spiro atoms. The normalized spacial score (nSPS) is 18.5. The summed E-state index contributed by atoms with van der Waals surface area (Å²) in [6.07, 6.45) is 3.63. The van der Waals surface area contributed by atoms with Gasteiger partial charge in [0.2, 0.25) is 6.41 Å². The summed E-state index contributed by atoms with van der Waals surface area (Å²) in [5.74, 6) is -2.20. The van der Waals surface area contributed by atoms with Crippen molar-refractivity contribution in [2.24, 2.45) is 0 Å². The number of anilines is 2. The Balaban J connectivity index is 1.74. The summed E-state index contributed by atoms with van der Waals surface area (Å²) in [4.78, 5) is 17.8. The lowest BCUT2D eigenvalue weighted by molar-refractivity contribution is -0.121. The van der Waals surface area contributed by atoms with E-state index in [0.29, 0.717) is 29.8 Å².